The Morgan fingerprint density at radius 3 is 2.15 bits per heavy atom. The van der Waals surface area contributed by atoms with E-state index < -0.39 is 38.2 Å². The summed E-state index contributed by atoms with van der Waals surface area (Å²) in [5.41, 5.74) is 0.549. The number of piperidine rings is 1. The molecule has 1 heterocycles. The van der Waals surface area contributed by atoms with Crippen LogP contribution in [0.15, 0.2) is 82.6 Å². The van der Waals surface area contributed by atoms with E-state index >= 15 is 0 Å². The van der Waals surface area contributed by atoms with Crippen LogP contribution in [0, 0.1) is 0 Å². The van der Waals surface area contributed by atoms with Crippen molar-refractivity contribution in [1.82, 2.24) is 8.61 Å². The van der Waals surface area contributed by atoms with Gasteiger partial charge in [0.15, 0.2) is 0 Å². The van der Waals surface area contributed by atoms with Gasteiger partial charge in [-0.25, -0.2) is 21.6 Å². The van der Waals surface area contributed by atoms with Crippen LogP contribution in [0.1, 0.15) is 48.2 Å². The van der Waals surface area contributed by atoms with E-state index in [-0.39, 0.29) is 20.4 Å². The highest BCUT2D eigenvalue weighted by Crippen LogP contribution is 2.32. The Labute approximate surface area is 245 Å². The van der Waals surface area contributed by atoms with Crippen molar-refractivity contribution in [2.24, 2.45) is 0 Å². The fraction of sp³-hybridized carbons (Fsp3) is 0.321. The molecule has 214 valence electrons. The molecule has 1 aliphatic heterocycles. The van der Waals surface area contributed by atoms with Crippen LogP contribution < -0.4 is 0 Å². The van der Waals surface area contributed by atoms with Gasteiger partial charge in [0.05, 0.1) is 21.5 Å². The van der Waals surface area contributed by atoms with E-state index in [1.54, 1.807) is 37.3 Å². The third-order valence-corrected chi connectivity index (χ3v) is 11.6. The lowest BCUT2D eigenvalue weighted by atomic mass is 10.0. The summed E-state index contributed by atoms with van der Waals surface area (Å²) in [6.07, 6.45) is 1.44. The van der Waals surface area contributed by atoms with Crippen molar-refractivity contribution in [2.45, 2.75) is 48.1 Å². The van der Waals surface area contributed by atoms with Gasteiger partial charge in [0, 0.05) is 25.2 Å². The number of ether oxygens (including phenoxy) is 1. The van der Waals surface area contributed by atoms with Crippen LogP contribution in [0.3, 0.4) is 0 Å². The molecule has 1 fully saturated rings. The van der Waals surface area contributed by atoms with Crippen molar-refractivity contribution < 1.29 is 26.4 Å². The lowest BCUT2D eigenvalue weighted by Gasteiger charge is -2.31. The van der Waals surface area contributed by atoms with E-state index in [0.29, 0.717) is 23.7 Å². The number of likely N-dealkylation sites (N-methyl/N-ethyl adjacent to an activating group) is 1. The molecular formula is C28H30Cl2N2O6S2. The summed E-state index contributed by atoms with van der Waals surface area (Å²) < 4.78 is 61.7. The molecule has 12 heteroatoms. The quantitative estimate of drug-likeness (QED) is 0.280. The monoisotopic (exact) mass is 624 g/mol. The second-order valence-corrected chi connectivity index (χ2v) is 14.3. The molecule has 2 atom stereocenters. The largest absolute Gasteiger partial charge is 0.452 e. The van der Waals surface area contributed by atoms with Crippen molar-refractivity contribution in [2.75, 3.05) is 20.1 Å². The zero-order chi connectivity index (χ0) is 29.1. The number of sulfonamides is 2. The highest BCUT2D eigenvalue weighted by molar-refractivity contribution is 7.89. The summed E-state index contributed by atoms with van der Waals surface area (Å²) in [5, 5.41) is 0.402. The molecule has 1 aliphatic rings. The van der Waals surface area contributed by atoms with Gasteiger partial charge in [-0.2, -0.15) is 8.61 Å². The lowest BCUT2D eigenvalue weighted by Crippen LogP contribution is -2.40. The van der Waals surface area contributed by atoms with Crippen LogP contribution in [0.2, 0.25) is 10.0 Å². The van der Waals surface area contributed by atoms with Gasteiger partial charge < -0.3 is 4.74 Å². The number of rotatable bonds is 9. The average Bonchev–Trinajstić information content (AvgIpc) is 2.96. The van der Waals surface area contributed by atoms with Gasteiger partial charge in [-0.3, -0.25) is 0 Å². The van der Waals surface area contributed by atoms with Gasteiger partial charge in [-0.1, -0.05) is 60.0 Å². The van der Waals surface area contributed by atoms with Crippen molar-refractivity contribution in [3.63, 3.8) is 0 Å². The topological polar surface area (TPSA) is 101 Å². The third kappa shape index (κ3) is 6.53. The highest BCUT2D eigenvalue weighted by Gasteiger charge is 2.35. The second kappa shape index (κ2) is 12.6. The lowest BCUT2D eigenvalue weighted by molar-refractivity contribution is 0.0145. The molecule has 0 saturated carbocycles. The maximum atomic E-state index is 13.4. The number of hydrogen-bond acceptors (Lipinski definition) is 6. The van der Waals surface area contributed by atoms with E-state index in [0.717, 1.165) is 23.6 Å². The predicted octanol–water partition coefficient (Wildman–Crippen LogP) is 5.78. The van der Waals surface area contributed by atoms with Crippen molar-refractivity contribution in [1.29, 1.82) is 0 Å². The molecule has 0 aliphatic carbocycles. The molecule has 0 spiro atoms. The number of benzene rings is 3. The van der Waals surface area contributed by atoms with Crippen molar-refractivity contribution in [3.8, 4) is 0 Å². The normalized spacial score (nSPS) is 16.4. The zero-order valence-corrected chi connectivity index (χ0v) is 25.2. The Morgan fingerprint density at radius 2 is 1.52 bits per heavy atom. The molecule has 0 amide bonds. The van der Waals surface area contributed by atoms with Crippen LogP contribution in [0.25, 0.3) is 0 Å². The van der Waals surface area contributed by atoms with Gasteiger partial charge in [0.2, 0.25) is 20.0 Å². The molecule has 0 unspecified atom stereocenters. The minimum atomic E-state index is -3.97. The van der Waals surface area contributed by atoms with Crippen molar-refractivity contribution >= 4 is 49.2 Å². The number of nitrogens with zero attached hydrogens (tertiary/aromatic N) is 2. The fourth-order valence-electron chi connectivity index (χ4n) is 4.53. The van der Waals surface area contributed by atoms with Crippen LogP contribution in [-0.2, 0) is 24.8 Å². The first kappa shape index (κ1) is 30.5. The average molecular weight is 626 g/mol. The Morgan fingerprint density at radius 1 is 0.900 bits per heavy atom. The maximum absolute atomic E-state index is 13.4. The van der Waals surface area contributed by atoms with E-state index in [2.05, 4.69) is 0 Å². The molecule has 0 bridgehead atoms. The van der Waals surface area contributed by atoms with Gasteiger partial charge >= 0.3 is 5.97 Å². The van der Waals surface area contributed by atoms with E-state index in [1.165, 1.54) is 53.8 Å². The first-order valence-corrected chi connectivity index (χ1v) is 16.4. The molecule has 40 heavy (non-hydrogen) atoms. The smallest absolute Gasteiger partial charge is 0.338 e. The first-order chi connectivity index (χ1) is 18.9. The molecule has 0 aromatic heterocycles. The molecule has 0 radical (unpaired) electrons. The van der Waals surface area contributed by atoms with Crippen LogP contribution in [0.5, 0.6) is 0 Å². The SMILES string of the molecule is C[C@@H]([C@H](OC(=O)c1ccc(Cl)c(S(=O)(=O)N2CCCCC2)c1)c1ccccc1)N(C)S(=O)(=O)c1ccc(Cl)cc1. The zero-order valence-electron chi connectivity index (χ0n) is 22.0. The summed E-state index contributed by atoms with van der Waals surface area (Å²) in [6.45, 7) is 2.40. The standard InChI is InChI=1S/C28H30Cl2N2O6S2/c1-20(31(2)39(34,35)24-14-12-23(29)13-15-24)27(21-9-5-3-6-10-21)38-28(33)22-11-16-25(30)26(19-22)40(36,37)32-17-7-4-8-18-32/h3,5-6,9-16,19-20,27H,4,7-8,17-18H2,1-2H3/t20-,27-/m0/s1. The summed E-state index contributed by atoms with van der Waals surface area (Å²) in [5.74, 6) is -0.815. The fourth-order valence-corrected chi connectivity index (χ4v) is 8.03. The second-order valence-electron chi connectivity index (χ2n) is 9.56. The molecule has 3 aromatic rings. The number of carbonyl (C=O) groups excluding carboxylic acids is 1. The summed E-state index contributed by atoms with van der Waals surface area (Å²) in [4.78, 5) is 13.3. The molecular weight excluding hydrogens is 595 g/mol. The van der Waals surface area contributed by atoms with Crippen LogP contribution >= 0.6 is 23.2 Å². The summed E-state index contributed by atoms with van der Waals surface area (Å²) in [6, 6.07) is 17.7. The summed E-state index contributed by atoms with van der Waals surface area (Å²) in [7, 11) is -6.48. The van der Waals surface area contributed by atoms with Crippen LogP contribution in [-0.4, -0.2) is 57.6 Å². The number of halogens is 2. The van der Waals surface area contributed by atoms with Gasteiger partial charge in [-0.15, -0.1) is 0 Å². The summed E-state index contributed by atoms with van der Waals surface area (Å²) >= 11 is 12.2. The Balaban J connectivity index is 1.65. The minimum absolute atomic E-state index is 0.00360. The third-order valence-electron chi connectivity index (χ3n) is 6.96. The van der Waals surface area contributed by atoms with Gasteiger partial charge in [-0.05, 0) is 67.8 Å². The van der Waals surface area contributed by atoms with E-state index in [9.17, 15) is 21.6 Å². The first-order valence-electron chi connectivity index (χ1n) is 12.7. The number of carbonyl (C=O) groups is 1. The Bertz CT molecular complexity index is 1560. The Kier molecular flexibility index (Phi) is 9.59. The molecule has 3 aromatic carbocycles. The highest BCUT2D eigenvalue weighted by atomic mass is 35.5. The van der Waals surface area contributed by atoms with Crippen LogP contribution in [0.4, 0.5) is 0 Å². The molecule has 1 saturated heterocycles. The maximum Gasteiger partial charge on any atom is 0.338 e. The number of esters is 1. The number of hydrogen-bond donors (Lipinski definition) is 0. The molecule has 4 rings (SSSR count). The van der Waals surface area contributed by atoms with Gasteiger partial charge in [0.1, 0.15) is 11.0 Å². The Hall–Kier alpha value is -2.47. The predicted molar refractivity (Wildman–Crippen MR) is 155 cm³/mol. The molecule has 0 N–H and O–H groups in total. The van der Waals surface area contributed by atoms with E-state index in [1.807, 2.05) is 0 Å². The van der Waals surface area contributed by atoms with Crippen molar-refractivity contribution in [3.05, 3.63) is 94.0 Å². The molecule has 8 nitrogen and oxygen atoms in total. The minimum Gasteiger partial charge on any atom is -0.452 e. The van der Waals surface area contributed by atoms with E-state index in [4.69, 9.17) is 27.9 Å². The van der Waals surface area contributed by atoms with Gasteiger partial charge in [0.25, 0.3) is 0 Å².